The van der Waals surface area contributed by atoms with Gasteiger partial charge in [-0.05, 0) is 116 Å². The second-order valence-electron chi connectivity index (χ2n) is 28.1. The number of amides is 1. The molecule has 6 heterocycles. The highest BCUT2D eigenvalue weighted by atomic mass is 16.8. The predicted molar refractivity (Wildman–Crippen MR) is 322 cm³/mol. The van der Waals surface area contributed by atoms with Crippen LogP contribution in [0.2, 0.25) is 0 Å². The largest absolute Gasteiger partial charge is 0.511 e. The van der Waals surface area contributed by atoms with Crippen LogP contribution in [0.3, 0.4) is 0 Å². The van der Waals surface area contributed by atoms with Gasteiger partial charge >= 0.3 is 18.0 Å². The number of esters is 2. The van der Waals surface area contributed by atoms with Crippen LogP contribution in [0.5, 0.6) is 0 Å². The lowest BCUT2D eigenvalue weighted by Crippen LogP contribution is -2.66. The number of nitrogens with two attached hydrogens (primary N) is 1. The van der Waals surface area contributed by atoms with Crippen LogP contribution in [-0.2, 0) is 80.8 Å². The Morgan fingerprint density at radius 2 is 1.34 bits per heavy atom. The molecule has 24 nitrogen and oxygen atoms in total. The van der Waals surface area contributed by atoms with E-state index >= 15 is 4.79 Å². The molecule has 0 aromatic rings. The van der Waals surface area contributed by atoms with Gasteiger partial charge in [0.1, 0.15) is 29.8 Å². The fourth-order valence-electron chi connectivity index (χ4n) is 16.8. The second-order valence-corrected chi connectivity index (χ2v) is 28.1. The lowest BCUT2D eigenvalue weighted by atomic mass is 9.49. The van der Waals surface area contributed by atoms with Gasteiger partial charge in [0.25, 0.3) is 0 Å². The number of Topliss-reactive ketones (excluding diaryl/α,β-unsaturated/α-hetero) is 1. The van der Waals surface area contributed by atoms with Crippen molar-refractivity contribution in [3.8, 4) is 0 Å². The number of ether oxygens (including phenoxy) is 13. The molecule has 29 atom stereocenters. The summed E-state index contributed by atoms with van der Waals surface area (Å²) in [7, 11) is 1.26. The van der Waals surface area contributed by atoms with Crippen LogP contribution in [-0.4, -0.2) is 192 Å². The molecule has 0 unspecified atom stereocenters. The third kappa shape index (κ3) is 14.0. The van der Waals surface area contributed by atoms with E-state index in [1.54, 1.807) is 40.7 Å². The number of aliphatic hydroxyl groups excluding tert-OH is 4. The van der Waals surface area contributed by atoms with E-state index in [2.05, 4.69) is 25.2 Å². The molecule has 0 aromatic heterocycles. The zero-order valence-corrected chi connectivity index (χ0v) is 54.8. The van der Waals surface area contributed by atoms with Gasteiger partial charge in [-0.25, -0.2) is 9.59 Å². The molecule has 7 fully saturated rings. The van der Waals surface area contributed by atoms with E-state index in [1.165, 1.54) is 20.1 Å². The van der Waals surface area contributed by atoms with E-state index in [-0.39, 0.29) is 49.5 Å². The van der Waals surface area contributed by atoms with Crippen molar-refractivity contribution >= 4 is 30.1 Å². The summed E-state index contributed by atoms with van der Waals surface area (Å²) in [6.07, 6.45) is -1.65. The zero-order valence-electron chi connectivity index (χ0n) is 54.8. The number of ketones is 1. The normalized spacial score (nSPS) is 48.2. The zero-order chi connectivity index (χ0) is 65.9. The van der Waals surface area contributed by atoms with Gasteiger partial charge in [-0.1, -0.05) is 50.6 Å². The van der Waals surface area contributed by atoms with E-state index < -0.39 is 198 Å². The molecule has 24 heteroatoms. The van der Waals surface area contributed by atoms with Crippen LogP contribution in [0.15, 0.2) is 58.4 Å². The standard InChI is InChI=1S/C67H98N2O22/c1-30-14-18-47(86-54-28-65(11,68)60(38(9)84-54)69-64(78)79-13)31(2)23-43-45(73)24-40(29-70)27-67(43)62(76)55(63(77)91-67)61(75)66(12)42(30)16-15-41-56(66)32(3)22-33(4)57(41)90-53-26-49(59(37(8)83-53)85-39(10)71)88-50-21-19-48(35(6)81-50)87-52-25-46(74)58(36(7)82-52)89-51-20-17-44(72)34(5)80-51/h14-16,23-24,29,32-38,41-54,56-60,72-75H,17-22,25-28,68H2,1-13H3,(H,69,78)/b30-14+,31-23+,61-55?/t32-,33-,34-,35-,36-,37-,38+,41-,42-,43+,44+,45-,46+,47-,48+,49+,50-,51-,52+,53-,54-,56+,57-,58-,59-,60-,65-,66+,67-/m0/s1. The molecule has 7 N–H and O–H groups in total. The molecule has 6 saturated heterocycles. The predicted octanol–water partition coefficient (Wildman–Crippen LogP) is 6.04. The topological polar surface area (TPSA) is 324 Å². The summed E-state index contributed by atoms with van der Waals surface area (Å²) in [4.78, 5) is 67.9. The maximum absolute atomic E-state index is 15.6. The third-order valence-corrected chi connectivity index (χ3v) is 21.4. The van der Waals surface area contributed by atoms with Crippen LogP contribution >= 0.6 is 0 Å². The smallest absolute Gasteiger partial charge is 0.407 e. The summed E-state index contributed by atoms with van der Waals surface area (Å²) in [6, 6.07) is -0.638. The molecule has 10 aliphatic rings. The number of hydrogen-bond donors (Lipinski definition) is 6. The Hall–Kier alpha value is -4.51. The van der Waals surface area contributed by atoms with Gasteiger partial charge in [0.15, 0.2) is 43.2 Å². The Bertz CT molecular complexity index is 2840. The minimum atomic E-state index is -2.13. The van der Waals surface area contributed by atoms with Crippen LogP contribution < -0.4 is 11.1 Å². The lowest BCUT2D eigenvalue weighted by molar-refractivity contribution is -0.331. The molecule has 1 spiro atoms. The van der Waals surface area contributed by atoms with Crippen molar-refractivity contribution in [1.82, 2.24) is 5.32 Å². The number of alkyl carbamates (subject to hydrolysis) is 1. The highest BCUT2D eigenvalue weighted by Crippen LogP contribution is 2.61. The molecule has 1 saturated carbocycles. The quantitative estimate of drug-likeness (QED) is 0.0402. The van der Waals surface area contributed by atoms with E-state index in [0.29, 0.717) is 44.0 Å². The molecule has 2 bridgehead atoms. The highest BCUT2D eigenvalue weighted by Gasteiger charge is 2.65. The first kappa shape index (κ1) is 69.3. The minimum Gasteiger partial charge on any atom is -0.511 e. The van der Waals surface area contributed by atoms with Gasteiger partial charge in [0.2, 0.25) is 5.78 Å². The molecule has 10 rings (SSSR count). The van der Waals surface area contributed by atoms with Crippen LogP contribution in [0, 0.1) is 40.9 Å². The van der Waals surface area contributed by atoms with E-state index in [4.69, 9.17) is 67.3 Å². The second kappa shape index (κ2) is 27.7. The van der Waals surface area contributed by atoms with Gasteiger partial charge in [-0.2, -0.15) is 0 Å². The number of carbonyl (C=O) groups is 5. The van der Waals surface area contributed by atoms with Crippen molar-refractivity contribution in [2.24, 2.45) is 46.7 Å². The summed E-state index contributed by atoms with van der Waals surface area (Å²) >= 11 is 0. The summed E-state index contributed by atoms with van der Waals surface area (Å²) in [6.45, 7) is 22.0. The molecule has 4 aliphatic carbocycles. The maximum atomic E-state index is 15.6. The van der Waals surface area contributed by atoms with Crippen molar-refractivity contribution in [2.45, 2.75) is 281 Å². The number of fused-ring (bicyclic) bond motifs is 4. The van der Waals surface area contributed by atoms with Crippen molar-refractivity contribution in [1.29, 1.82) is 0 Å². The Balaban J connectivity index is 0.896. The summed E-state index contributed by atoms with van der Waals surface area (Å²) < 4.78 is 82.0. The molecule has 6 aliphatic heterocycles. The molecule has 1 amide bonds. The fourth-order valence-corrected chi connectivity index (χ4v) is 16.8. The van der Waals surface area contributed by atoms with Gasteiger partial charge < -0.3 is 93.1 Å². The Labute approximate surface area is 533 Å². The third-order valence-electron chi connectivity index (χ3n) is 21.4. The summed E-state index contributed by atoms with van der Waals surface area (Å²) in [5.41, 5.74) is 3.19. The fraction of sp³-hybridized carbons (Fsp3) is 0.776. The molecular weight excluding hydrogens is 1180 g/mol. The van der Waals surface area contributed by atoms with Crippen LogP contribution in [0.4, 0.5) is 4.79 Å². The lowest BCUT2D eigenvalue weighted by Gasteiger charge is -2.56. The summed E-state index contributed by atoms with van der Waals surface area (Å²) in [5, 5.41) is 49.3. The van der Waals surface area contributed by atoms with Gasteiger partial charge in [0.05, 0.1) is 86.2 Å². The maximum Gasteiger partial charge on any atom is 0.407 e. The molecule has 0 radical (unpaired) electrons. The number of rotatable bonds is 13. The average molecular weight is 1280 g/mol. The van der Waals surface area contributed by atoms with E-state index in [1.807, 2.05) is 39.8 Å². The number of nitrogens with one attached hydrogen (secondary N) is 1. The van der Waals surface area contributed by atoms with Crippen molar-refractivity contribution < 1.29 is 106 Å². The number of methoxy groups -OCH3 is 1. The highest BCUT2D eigenvalue weighted by molar-refractivity contribution is 6.26. The Morgan fingerprint density at radius 1 is 0.703 bits per heavy atom. The van der Waals surface area contributed by atoms with Crippen molar-refractivity contribution in [3.63, 3.8) is 0 Å². The molecule has 91 heavy (non-hydrogen) atoms. The Kier molecular flexibility index (Phi) is 21.1. The average Bonchev–Trinajstić information content (AvgIpc) is 1.66. The van der Waals surface area contributed by atoms with E-state index in [9.17, 15) is 39.6 Å². The molecule has 0 aromatic carbocycles. The molecule has 508 valence electrons. The first-order valence-electron chi connectivity index (χ1n) is 32.8. The number of allylic oxidation sites excluding steroid dienone is 3. The number of carbonyl (C=O) groups excluding carboxylic acids is 5. The van der Waals surface area contributed by atoms with Crippen molar-refractivity contribution in [3.05, 3.63) is 58.4 Å². The SMILES string of the molecule is COC(=O)N[C@H]1[C@@H](C)O[C@@H](O[C@H]2C/C=C(\C)[C@@H]3C=C[C@@H]4[C@@H](O[C@H]5C[C@@H](O[C@H]6CC[C@@H](O[C@@H]7C[C@@H](O)[C@@H](O[C@H]8CC[C@@H](O)[C@H](C)O8)[C@H](C)O7)[C@H](C)O6)[C@@H](OC(C)=O)[C@H](C)O5)[C@@H](C)C[C@H](C)[C@H]4[C@]3(C)C(O)=C3C(=O)O[C@]4(CC(C=O)=C[C@H](O)[C@H]4/C=C/2C)C3=O)C[C@]1(C)N. The first-order valence-corrected chi connectivity index (χ1v) is 32.8. The Morgan fingerprint density at radius 3 is 2.00 bits per heavy atom. The number of aldehydes is 1. The van der Waals surface area contributed by atoms with Crippen LogP contribution in [0.25, 0.3) is 0 Å². The van der Waals surface area contributed by atoms with Crippen molar-refractivity contribution in [2.75, 3.05) is 7.11 Å². The minimum absolute atomic E-state index is 0.0473. The summed E-state index contributed by atoms with van der Waals surface area (Å²) in [5.74, 6) is -5.95. The van der Waals surface area contributed by atoms with Gasteiger partial charge in [0, 0.05) is 68.2 Å². The van der Waals surface area contributed by atoms with Crippen LogP contribution in [0.1, 0.15) is 147 Å². The first-order chi connectivity index (χ1) is 43.0. The van der Waals surface area contributed by atoms with Gasteiger partial charge in [-0.15, -0.1) is 0 Å². The monoisotopic (exact) mass is 1280 g/mol. The number of aliphatic hydroxyl groups is 4. The number of hydrogen-bond acceptors (Lipinski definition) is 23. The van der Waals surface area contributed by atoms with E-state index in [0.717, 1.165) is 5.57 Å². The molecular formula is C67H98N2O22. The van der Waals surface area contributed by atoms with Gasteiger partial charge in [-0.3, -0.25) is 14.4 Å².